The van der Waals surface area contributed by atoms with Crippen molar-refractivity contribution in [3.8, 4) is 0 Å². The predicted molar refractivity (Wildman–Crippen MR) is 111 cm³/mol. The van der Waals surface area contributed by atoms with Gasteiger partial charge >= 0.3 is 5.97 Å². The van der Waals surface area contributed by atoms with Crippen molar-refractivity contribution in [3.63, 3.8) is 0 Å². The molecule has 0 aliphatic carbocycles. The second-order valence-corrected chi connectivity index (χ2v) is 7.19. The second-order valence-electron chi connectivity index (χ2n) is 7.19. The molecule has 0 unspecified atom stereocenters. The lowest BCUT2D eigenvalue weighted by Gasteiger charge is -2.36. The molecule has 1 saturated heterocycles. The van der Waals surface area contributed by atoms with Crippen molar-refractivity contribution >= 4 is 23.5 Å². The van der Waals surface area contributed by atoms with E-state index < -0.39 is 17.8 Å². The maximum absolute atomic E-state index is 12.3. The van der Waals surface area contributed by atoms with Crippen LogP contribution in [0, 0.1) is 0 Å². The van der Waals surface area contributed by atoms with Crippen molar-refractivity contribution in [2.24, 2.45) is 0 Å². The highest BCUT2D eigenvalue weighted by Crippen LogP contribution is 2.20. The number of morpholine rings is 1. The SMILES string of the molecule is COC(=O)c1ccc(C(=O)NNC(=O)c2ccc(N3C[C@@H](C)O[C@@H](C)C3)cc2)cc1. The first kappa shape index (κ1) is 21.3. The Kier molecular flexibility index (Phi) is 6.68. The molecule has 3 rings (SSSR count). The van der Waals surface area contributed by atoms with Crippen molar-refractivity contribution in [2.75, 3.05) is 25.1 Å². The van der Waals surface area contributed by atoms with Gasteiger partial charge in [-0.2, -0.15) is 0 Å². The van der Waals surface area contributed by atoms with E-state index in [4.69, 9.17) is 4.74 Å². The highest BCUT2D eigenvalue weighted by atomic mass is 16.5. The topological polar surface area (TPSA) is 97.0 Å². The monoisotopic (exact) mass is 411 g/mol. The third-order valence-electron chi connectivity index (χ3n) is 4.77. The van der Waals surface area contributed by atoms with Gasteiger partial charge in [-0.3, -0.25) is 20.4 Å². The van der Waals surface area contributed by atoms with Gasteiger partial charge in [-0.05, 0) is 62.4 Å². The second kappa shape index (κ2) is 9.41. The van der Waals surface area contributed by atoms with Gasteiger partial charge in [0, 0.05) is 29.9 Å². The van der Waals surface area contributed by atoms with E-state index >= 15 is 0 Å². The maximum atomic E-state index is 12.3. The van der Waals surface area contributed by atoms with Crippen LogP contribution in [0.1, 0.15) is 44.9 Å². The van der Waals surface area contributed by atoms with Gasteiger partial charge in [0.05, 0.1) is 24.9 Å². The Balaban J connectivity index is 1.55. The average Bonchev–Trinajstić information content (AvgIpc) is 2.76. The molecule has 0 radical (unpaired) electrons. The molecule has 0 aromatic heterocycles. The minimum atomic E-state index is -0.493. The fourth-order valence-electron chi connectivity index (χ4n) is 3.35. The van der Waals surface area contributed by atoms with E-state index in [9.17, 15) is 14.4 Å². The third kappa shape index (κ3) is 5.15. The molecule has 158 valence electrons. The summed E-state index contributed by atoms with van der Waals surface area (Å²) in [5.41, 5.74) is 6.84. The molecule has 2 N–H and O–H groups in total. The van der Waals surface area contributed by atoms with Crippen LogP contribution >= 0.6 is 0 Å². The number of esters is 1. The first-order valence-corrected chi connectivity index (χ1v) is 9.67. The molecule has 1 heterocycles. The quantitative estimate of drug-likeness (QED) is 0.591. The molecule has 2 aromatic carbocycles. The summed E-state index contributed by atoms with van der Waals surface area (Å²) in [6.07, 6.45) is 0.294. The molecule has 2 aromatic rings. The largest absolute Gasteiger partial charge is 0.465 e. The van der Waals surface area contributed by atoms with Crippen molar-refractivity contribution < 1.29 is 23.9 Å². The lowest BCUT2D eigenvalue weighted by atomic mass is 10.1. The van der Waals surface area contributed by atoms with Crippen LogP contribution < -0.4 is 15.8 Å². The zero-order valence-corrected chi connectivity index (χ0v) is 17.2. The van der Waals surface area contributed by atoms with E-state index in [-0.39, 0.29) is 12.2 Å². The Morgan fingerprint density at radius 3 is 1.73 bits per heavy atom. The van der Waals surface area contributed by atoms with E-state index in [1.165, 1.54) is 31.4 Å². The fraction of sp³-hybridized carbons (Fsp3) is 0.318. The number of nitrogens with one attached hydrogen (secondary N) is 2. The number of carbonyl (C=O) groups excluding carboxylic acids is 3. The van der Waals surface area contributed by atoms with Gasteiger partial charge in [-0.1, -0.05) is 0 Å². The van der Waals surface area contributed by atoms with Crippen LogP contribution in [0.25, 0.3) is 0 Å². The first-order chi connectivity index (χ1) is 14.4. The predicted octanol–water partition coefficient (Wildman–Crippen LogP) is 2.16. The van der Waals surface area contributed by atoms with Gasteiger partial charge in [-0.15, -0.1) is 0 Å². The van der Waals surface area contributed by atoms with Crippen LogP contribution in [0.3, 0.4) is 0 Å². The molecule has 0 spiro atoms. The van der Waals surface area contributed by atoms with Crippen LogP contribution in [0.4, 0.5) is 5.69 Å². The van der Waals surface area contributed by atoms with Crippen molar-refractivity contribution in [2.45, 2.75) is 26.1 Å². The summed E-state index contributed by atoms with van der Waals surface area (Å²) in [7, 11) is 1.28. The number of amides is 2. The smallest absolute Gasteiger partial charge is 0.337 e. The Bertz CT molecular complexity index is 901. The molecule has 1 fully saturated rings. The van der Waals surface area contributed by atoms with Gasteiger partial charge in [0.2, 0.25) is 0 Å². The molecular weight excluding hydrogens is 386 g/mol. The summed E-state index contributed by atoms with van der Waals surface area (Å²) in [5, 5.41) is 0. The minimum absolute atomic E-state index is 0.147. The molecule has 0 bridgehead atoms. The van der Waals surface area contributed by atoms with E-state index in [0.29, 0.717) is 16.7 Å². The number of benzene rings is 2. The normalized spacial score (nSPS) is 18.4. The van der Waals surface area contributed by atoms with Gasteiger partial charge in [-0.25, -0.2) is 4.79 Å². The van der Waals surface area contributed by atoms with E-state index in [1.54, 1.807) is 12.1 Å². The molecule has 2 atom stereocenters. The summed E-state index contributed by atoms with van der Waals surface area (Å²) in [5.74, 6) is -1.41. The first-order valence-electron chi connectivity index (χ1n) is 9.67. The number of rotatable bonds is 4. The highest BCUT2D eigenvalue weighted by molar-refractivity contribution is 5.99. The number of carbonyl (C=O) groups is 3. The molecule has 2 amide bonds. The summed E-state index contributed by atoms with van der Waals surface area (Å²) in [6.45, 7) is 5.66. The number of ether oxygens (including phenoxy) is 2. The molecular formula is C22H25N3O5. The van der Waals surface area contributed by atoms with Crippen LogP contribution in [0.5, 0.6) is 0 Å². The third-order valence-corrected chi connectivity index (χ3v) is 4.77. The van der Waals surface area contributed by atoms with Gasteiger partial charge < -0.3 is 14.4 Å². The van der Waals surface area contributed by atoms with Gasteiger partial charge in [0.15, 0.2) is 0 Å². The van der Waals surface area contributed by atoms with Crippen LogP contribution in [-0.4, -0.2) is 50.2 Å². The average molecular weight is 411 g/mol. The van der Waals surface area contributed by atoms with Crippen molar-refractivity contribution in [3.05, 3.63) is 65.2 Å². The van der Waals surface area contributed by atoms with Crippen LogP contribution in [0.2, 0.25) is 0 Å². The Hall–Kier alpha value is -3.39. The Morgan fingerprint density at radius 2 is 1.27 bits per heavy atom. The van der Waals surface area contributed by atoms with Gasteiger partial charge in [0.25, 0.3) is 11.8 Å². The van der Waals surface area contributed by atoms with E-state index in [1.807, 2.05) is 26.0 Å². The standard InChI is InChI=1S/C22H25N3O5/c1-14-12-25(13-15(2)30-14)19-10-8-17(9-11-19)21(27)24-23-20(26)16-4-6-18(7-5-16)22(28)29-3/h4-11,14-15H,12-13H2,1-3H3,(H,23,26)(H,24,27)/t14-,15+. The molecule has 1 aliphatic rings. The summed E-state index contributed by atoms with van der Waals surface area (Å²) >= 11 is 0. The number of hydrazine groups is 1. The molecule has 0 saturated carbocycles. The zero-order valence-electron chi connectivity index (χ0n) is 17.2. The number of anilines is 1. The van der Waals surface area contributed by atoms with Crippen LogP contribution in [-0.2, 0) is 9.47 Å². The number of methoxy groups -OCH3 is 1. The lowest BCUT2D eigenvalue weighted by Crippen LogP contribution is -2.45. The van der Waals surface area contributed by atoms with E-state index in [0.717, 1.165) is 18.8 Å². The summed E-state index contributed by atoms with van der Waals surface area (Å²) in [4.78, 5) is 38.2. The Labute approximate surface area is 175 Å². The number of hydrogen-bond donors (Lipinski definition) is 2. The molecule has 1 aliphatic heterocycles. The molecule has 8 nitrogen and oxygen atoms in total. The fourth-order valence-corrected chi connectivity index (χ4v) is 3.35. The number of hydrogen-bond acceptors (Lipinski definition) is 6. The minimum Gasteiger partial charge on any atom is -0.465 e. The lowest BCUT2D eigenvalue weighted by molar-refractivity contribution is -0.00522. The molecule has 8 heteroatoms. The summed E-state index contributed by atoms with van der Waals surface area (Å²) in [6, 6.07) is 13.1. The maximum Gasteiger partial charge on any atom is 0.337 e. The van der Waals surface area contributed by atoms with E-state index in [2.05, 4.69) is 20.5 Å². The summed E-state index contributed by atoms with van der Waals surface area (Å²) < 4.78 is 10.4. The van der Waals surface area contributed by atoms with Crippen molar-refractivity contribution in [1.29, 1.82) is 0 Å². The van der Waals surface area contributed by atoms with Crippen molar-refractivity contribution in [1.82, 2.24) is 10.9 Å². The molecule has 30 heavy (non-hydrogen) atoms. The van der Waals surface area contributed by atoms with Gasteiger partial charge in [0.1, 0.15) is 0 Å². The zero-order chi connectivity index (χ0) is 21.7. The highest BCUT2D eigenvalue weighted by Gasteiger charge is 2.22. The number of nitrogens with zero attached hydrogens (tertiary/aromatic N) is 1. The van der Waals surface area contributed by atoms with Crippen LogP contribution in [0.15, 0.2) is 48.5 Å². The Morgan fingerprint density at radius 1 is 0.833 bits per heavy atom.